The molecule has 0 saturated heterocycles. The van der Waals surface area contributed by atoms with Gasteiger partial charge < -0.3 is 5.32 Å². The highest BCUT2D eigenvalue weighted by Gasteiger charge is 2.27. The summed E-state index contributed by atoms with van der Waals surface area (Å²) in [5.74, 6) is 1.65. The van der Waals surface area contributed by atoms with E-state index in [0.717, 1.165) is 34.7 Å². The van der Waals surface area contributed by atoms with E-state index < -0.39 is 0 Å². The van der Waals surface area contributed by atoms with Gasteiger partial charge in [0, 0.05) is 4.88 Å². The number of rotatable bonds is 5. The van der Waals surface area contributed by atoms with Gasteiger partial charge in [-0.15, -0.1) is 16.4 Å². The lowest BCUT2D eigenvalue weighted by molar-refractivity contribution is 0.586. The van der Waals surface area contributed by atoms with E-state index in [2.05, 4.69) is 49.0 Å². The molecule has 0 aliphatic heterocycles. The number of fused-ring (bicyclic) bond motifs is 1. The van der Waals surface area contributed by atoms with Crippen LogP contribution in [0.1, 0.15) is 24.7 Å². The first-order chi connectivity index (χ1) is 12.4. The monoisotopic (exact) mass is 349 g/mol. The minimum absolute atomic E-state index is 0.461. The molecule has 0 spiro atoms. The van der Waals surface area contributed by atoms with Gasteiger partial charge in [0.1, 0.15) is 17.0 Å². The second-order valence-electron chi connectivity index (χ2n) is 6.04. The summed E-state index contributed by atoms with van der Waals surface area (Å²) < 4.78 is 1.91. The molecule has 0 amide bonds. The number of benzene rings is 1. The third-order valence-corrected chi connectivity index (χ3v) is 5.35. The lowest BCUT2D eigenvalue weighted by Crippen LogP contribution is -2.09. The summed E-state index contributed by atoms with van der Waals surface area (Å²) in [5.41, 5.74) is 1.19. The van der Waals surface area contributed by atoms with Crippen molar-refractivity contribution in [1.82, 2.24) is 30.2 Å². The Bertz CT molecular complexity index is 1020. The van der Waals surface area contributed by atoms with E-state index >= 15 is 0 Å². The van der Waals surface area contributed by atoms with Crippen molar-refractivity contribution < 1.29 is 0 Å². The van der Waals surface area contributed by atoms with Gasteiger partial charge in [-0.05, 0) is 34.9 Å². The Morgan fingerprint density at radius 1 is 1.16 bits per heavy atom. The van der Waals surface area contributed by atoms with Crippen LogP contribution in [-0.2, 0) is 6.54 Å². The van der Waals surface area contributed by atoms with Crippen molar-refractivity contribution in [1.29, 1.82) is 0 Å². The second kappa shape index (κ2) is 5.89. The normalized spacial score (nSPS) is 14.1. The zero-order valence-electron chi connectivity index (χ0n) is 13.3. The highest BCUT2D eigenvalue weighted by atomic mass is 32.1. The molecule has 124 valence electrons. The average Bonchev–Trinajstić information content (AvgIpc) is 3.22. The van der Waals surface area contributed by atoms with Gasteiger partial charge in [-0.3, -0.25) is 0 Å². The fraction of sp³-hybridized carbons (Fsp3) is 0.235. The molecule has 1 N–H and O–H groups in total. The molecule has 3 aromatic heterocycles. The largest absolute Gasteiger partial charge is 0.362 e. The fourth-order valence-corrected chi connectivity index (χ4v) is 3.84. The maximum Gasteiger partial charge on any atom is 0.170 e. The van der Waals surface area contributed by atoms with Gasteiger partial charge in [-0.1, -0.05) is 30.3 Å². The number of thiophene rings is 1. The van der Waals surface area contributed by atoms with Gasteiger partial charge in [-0.2, -0.15) is 0 Å². The van der Waals surface area contributed by atoms with E-state index in [-0.39, 0.29) is 0 Å². The fourth-order valence-electron chi connectivity index (χ4n) is 2.84. The van der Waals surface area contributed by atoms with E-state index in [9.17, 15) is 0 Å². The maximum atomic E-state index is 4.41. The summed E-state index contributed by atoms with van der Waals surface area (Å²) in [5, 5.41) is 16.4. The van der Waals surface area contributed by atoms with Gasteiger partial charge in [0.15, 0.2) is 5.82 Å². The van der Waals surface area contributed by atoms with Crippen LogP contribution in [0, 0.1) is 0 Å². The third-order valence-electron chi connectivity index (χ3n) is 4.26. The SMILES string of the molecule is c1ccc(-c2cc3c(NCc4nnnn4C4CC4)ncnc3s2)cc1. The van der Waals surface area contributed by atoms with Crippen LogP contribution in [0.5, 0.6) is 0 Å². The van der Waals surface area contributed by atoms with E-state index in [1.165, 1.54) is 10.4 Å². The van der Waals surface area contributed by atoms with Crippen LogP contribution in [0.2, 0.25) is 0 Å². The Morgan fingerprint density at radius 2 is 2.04 bits per heavy atom. The van der Waals surface area contributed by atoms with Crippen LogP contribution in [0.25, 0.3) is 20.7 Å². The molecule has 0 atom stereocenters. The molecule has 1 fully saturated rings. The van der Waals surface area contributed by atoms with Crippen molar-refractivity contribution in [3.05, 3.63) is 48.5 Å². The van der Waals surface area contributed by atoms with Crippen molar-refractivity contribution >= 4 is 27.4 Å². The van der Waals surface area contributed by atoms with Gasteiger partial charge in [0.2, 0.25) is 0 Å². The van der Waals surface area contributed by atoms with Gasteiger partial charge in [-0.25, -0.2) is 14.6 Å². The lowest BCUT2D eigenvalue weighted by Gasteiger charge is -2.06. The Balaban J connectivity index is 1.45. The van der Waals surface area contributed by atoms with Crippen LogP contribution in [0.15, 0.2) is 42.7 Å². The van der Waals surface area contributed by atoms with Gasteiger partial charge >= 0.3 is 0 Å². The Hall–Kier alpha value is -2.87. The van der Waals surface area contributed by atoms with E-state index in [1.807, 2.05) is 22.9 Å². The summed E-state index contributed by atoms with van der Waals surface area (Å²) in [7, 11) is 0. The van der Waals surface area contributed by atoms with E-state index in [0.29, 0.717) is 12.6 Å². The molecule has 4 aromatic rings. The molecule has 0 radical (unpaired) electrons. The number of tetrazole rings is 1. The topological polar surface area (TPSA) is 81.4 Å². The molecule has 1 aromatic carbocycles. The van der Waals surface area contributed by atoms with Crippen molar-refractivity contribution in [3.63, 3.8) is 0 Å². The van der Waals surface area contributed by atoms with Crippen molar-refractivity contribution in [2.24, 2.45) is 0 Å². The number of anilines is 1. The van der Waals surface area contributed by atoms with Gasteiger partial charge in [0.25, 0.3) is 0 Å². The number of aromatic nitrogens is 6. The molecule has 3 heterocycles. The molecule has 1 saturated carbocycles. The molecule has 25 heavy (non-hydrogen) atoms. The van der Waals surface area contributed by atoms with Crippen LogP contribution in [0.4, 0.5) is 5.82 Å². The summed E-state index contributed by atoms with van der Waals surface area (Å²) in [6.45, 7) is 0.548. The summed E-state index contributed by atoms with van der Waals surface area (Å²) in [6.07, 6.45) is 3.90. The molecule has 0 bridgehead atoms. The quantitative estimate of drug-likeness (QED) is 0.595. The number of nitrogens with zero attached hydrogens (tertiary/aromatic N) is 6. The summed E-state index contributed by atoms with van der Waals surface area (Å²) in [4.78, 5) is 11.0. The molecule has 1 aliphatic carbocycles. The molecular formula is C17H15N7S. The Morgan fingerprint density at radius 3 is 2.88 bits per heavy atom. The van der Waals surface area contributed by atoms with Crippen LogP contribution in [0.3, 0.4) is 0 Å². The molecule has 7 nitrogen and oxygen atoms in total. The van der Waals surface area contributed by atoms with Crippen LogP contribution in [-0.4, -0.2) is 30.2 Å². The Labute approximate surface area is 147 Å². The first kappa shape index (κ1) is 14.5. The summed E-state index contributed by atoms with van der Waals surface area (Å²) in [6, 6.07) is 12.9. The smallest absolute Gasteiger partial charge is 0.170 e. The molecule has 1 aliphatic rings. The molecule has 5 rings (SSSR count). The highest BCUT2D eigenvalue weighted by molar-refractivity contribution is 7.21. The number of nitrogens with one attached hydrogen (secondary N) is 1. The molecule has 0 unspecified atom stereocenters. The minimum Gasteiger partial charge on any atom is -0.362 e. The zero-order chi connectivity index (χ0) is 16.6. The number of hydrogen-bond acceptors (Lipinski definition) is 7. The van der Waals surface area contributed by atoms with Crippen molar-refractivity contribution in [3.8, 4) is 10.4 Å². The standard InChI is InChI=1S/C17H15N7S/c1-2-4-11(5-3-1)14-8-13-16(19-10-20-17(13)25-14)18-9-15-21-22-23-24(15)12-6-7-12/h1-5,8,10,12H,6-7,9H2,(H,18,19,20). The van der Waals surface area contributed by atoms with Gasteiger partial charge in [0.05, 0.1) is 18.0 Å². The summed E-state index contributed by atoms with van der Waals surface area (Å²) >= 11 is 1.67. The van der Waals surface area contributed by atoms with Crippen LogP contribution >= 0.6 is 11.3 Å². The number of hydrogen-bond donors (Lipinski definition) is 1. The first-order valence-corrected chi connectivity index (χ1v) is 9.01. The minimum atomic E-state index is 0.461. The predicted molar refractivity (Wildman–Crippen MR) is 96.3 cm³/mol. The Kier molecular flexibility index (Phi) is 3.41. The molecular weight excluding hydrogens is 334 g/mol. The van der Waals surface area contributed by atoms with E-state index in [4.69, 9.17) is 0 Å². The molecule has 8 heteroatoms. The van der Waals surface area contributed by atoms with E-state index in [1.54, 1.807) is 17.7 Å². The predicted octanol–water partition coefficient (Wildman–Crippen LogP) is 3.29. The second-order valence-corrected chi connectivity index (χ2v) is 7.07. The first-order valence-electron chi connectivity index (χ1n) is 8.19. The highest BCUT2D eigenvalue weighted by Crippen LogP contribution is 2.36. The lowest BCUT2D eigenvalue weighted by atomic mass is 10.2. The zero-order valence-corrected chi connectivity index (χ0v) is 14.1. The van der Waals surface area contributed by atoms with Crippen molar-refractivity contribution in [2.75, 3.05) is 5.32 Å². The van der Waals surface area contributed by atoms with Crippen LogP contribution < -0.4 is 5.32 Å². The average molecular weight is 349 g/mol. The maximum absolute atomic E-state index is 4.41. The van der Waals surface area contributed by atoms with Crippen molar-refractivity contribution in [2.45, 2.75) is 25.4 Å². The third kappa shape index (κ3) is 2.74.